The zero-order valence-electron chi connectivity index (χ0n) is 45.0. The average molecular weight is 960 g/mol. The van der Waals surface area contributed by atoms with Crippen molar-refractivity contribution in [2.75, 3.05) is 13.2 Å². The van der Waals surface area contributed by atoms with Crippen LogP contribution in [0.1, 0.15) is 265 Å². The molecule has 0 heterocycles. The summed E-state index contributed by atoms with van der Waals surface area (Å²) in [5, 5.41) is 0. The highest BCUT2D eigenvalue weighted by atomic mass is 16.6. The van der Waals surface area contributed by atoms with Gasteiger partial charge in [-0.05, 0) is 83.5 Å². The molecule has 0 amide bonds. The maximum atomic E-state index is 12.8. The summed E-state index contributed by atoms with van der Waals surface area (Å²) in [6.07, 6.45) is 75.6. The fourth-order valence-electron chi connectivity index (χ4n) is 7.86. The first-order valence-electron chi connectivity index (χ1n) is 28.7. The molecule has 1 atom stereocenters. The van der Waals surface area contributed by atoms with Gasteiger partial charge in [-0.15, -0.1) is 0 Å². The summed E-state index contributed by atoms with van der Waals surface area (Å²) >= 11 is 0. The molecule has 0 spiro atoms. The second-order valence-corrected chi connectivity index (χ2v) is 18.8. The number of unbranched alkanes of at least 4 members (excludes halogenated alkanes) is 24. The third-order valence-corrected chi connectivity index (χ3v) is 12.1. The molecule has 0 N–H and O–H groups in total. The maximum absolute atomic E-state index is 12.8. The number of carbonyl (C=O) groups is 3. The van der Waals surface area contributed by atoms with Crippen molar-refractivity contribution >= 4 is 17.9 Å². The topological polar surface area (TPSA) is 78.9 Å². The Bertz CT molecular complexity index is 1380. The number of rotatable bonds is 51. The van der Waals surface area contributed by atoms with E-state index in [-0.39, 0.29) is 31.6 Å². The van der Waals surface area contributed by atoms with Crippen LogP contribution in [0.5, 0.6) is 0 Å². The van der Waals surface area contributed by atoms with E-state index in [0.717, 1.165) is 103 Å². The molecule has 69 heavy (non-hydrogen) atoms. The smallest absolute Gasteiger partial charge is 0.306 e. The van der Waals surface area contributed by atoms with Gasteiger partial charge in [-0.2, -0.15) is 0 Å². The van der Waals surface area contributed by atoms with Crippen molar-refractivity contribution in [3.8, 4) is 0 Å². The van der Waals surface area contributed by atoms with E-state index in [1.807, 2.05) is 12.2 Å². The molecule has 0 saturated heterocycles. The van der Waals surface area contributed by atoms with Crippen LogP contribution in [-0.4, -0.2) is 37.2 Å². The van der Waals surface area contributed by atoms with Crippen LogP contribution in [-0.2, 0) is 28.6 Å². The van der Waals surface area contributed by atoms with Crippen molar-refractivity contribution < 1.29 is 28.6 Å². The van der Waals surface area contributed by atoms with Crippen molar-refractivity contribution in [2.24, 2.45) is 0 Å². The monoisotopic (exact) mass is 959 g/mol. The second-order valence-electron chi connectivity index (χ2n) is 18.8. The number of allylic oxidation sites excluding steroid dienone is 16. The Morgan fingerprint density at radius 3 is 0.942 bits per heavy atom. The first-order chi connectivity index (χ1) is 34.0. The van der Waals surface area contributed by atoms with Gasteiger partial charge in [0, 0.05) is 19.3 Å². The molecule has 0 aromatic heterocycles. The summed E-state index contributed by atoms with van der Waals surface area (Å²) in [5.41, 5.74) is 0. The van der Waals surface area contributed by atoms with Gasteiger partial charge in [-0.3, -0.25) is 14.4 Å². The highest BCUT2D eigenvalue weighted by molar-refractivity contribution is 5.71. The Labute approximate surface area is 426 Å². The van der Waals surface area contributed by atoms with Gasteiger partial charge in [-0.1, -0.05) is 259 Å². The molecule has 0 radical (unpaired) electrons. The molecule has 0 bridgehead atoms. The van der Waals surface area contributed by atoms with Crippen LogP contribution in [0.2, 0.25) is 0 Å². The van der Waals surface area contributed by atoms with Gasteiger partial charge in [0.2, 0.25) is 0 Å². The predicted octanol–water partition coefficient (Wildman–Crippen LogP) is 19.3. The van der Waals surface area contributed by atoms with Gasteiger partial charge in [0.1, 0.15) is 13.2 Å². The molecule has 0 aromatic rings. The van der Waals surface area contributed by atoms with E-state index < -0.39 is 12.1 Å². The second kappa shape index (κ2) is 56.9. The lowest BCUT2D eigenvalue weighted by Gasteiger charge is -2.18. The molecular weight excluding hydrogens is 853 g/mol. The summed E-state index contributed by atoms with van der Waals surface area (Å²) in [6.45, 7) is 6.36. The lowest BCUT2D eigenvalue weighted by molar-refractivity contribution is -0.166. The van der Waals surface area contributed by atoms with E-state index in [2.05, 4.69) is 106 Å². The SMILES string of the molecule is CC/C=C\C/C=C\C/C=C\C/C=C\C/C=C\CCC(=O)OC(COC(=O)CCCCCCCC/C=C\C/C=C\C/C=C\CC)COC(=O)CCCCCCCCCCCCCCCCCCCCC. The molecule has 0 aliphatic heterocycles. The van der Waals surface area contributed by atoms with Crippen LogP contribution in [0.25, 0.3) is 0 Å². The first kappa shape index (κ1) is 65.3. The van der Waals surface area contributed by atoms with E-state index >= 15 is 0 Å². The van der Waals surface area contributed by atoms with E-state index in [0.29, 0.717) is 19.3 Å². The van der Waals surface area contributed by atoms with Gasteiger partial charge in [-0.25, -0.2) is 0 Å². The molecular formula is C63H106O6. The van der Waals surface area contributed by atoms with Crippen molar-refractivity contribution in [1.29, 1.82) is 0 Å². The lowest BCUT2D eigenvalue weighted by Crippen LogP contribution is -2.30. The minimum absolute atomic E-state index is 0.110. The number of hydrogen-bond donors (Lipinski definition) is 0. The normalized spacial score (nSPS) is 12.8. The highest BCUT2D eigenvalue weighted by Crippen LogP contribution is 2.16. The van der Waals surface area contributed by atoms with E-state index in [9.17, 15) is 14.4 Å². The van der Waals surface area contributed by atoms with E-state index in [1.165, 1.54) is 116 Å². The number of esters is 3. The van der Waals surface area contributed by atoms with Crippen LogP contribution in [0.4, 0.5) is 0 Å². The van der Waals surface area contributed by atoms with Gasteiger partial charge in [0.05, 0.1) is 0 Å². The summed E-state index contributed by atoms with van der Waals surface area (Å²) in [7, 11) is 0. The molecule has 0 aliphatic rings. The molecule has 1 unspecified atom stereocenters. The fraction of sp³-hybridized carbons (Fsp3) is 0.698. The molecule has 0 aromatic carbocycles. The van der Waals surface area contributed by atoms with E-state index in [4.69, 9.17) is 14.2 Å². The minimum Gasteiger partial charge on any atom is -0.462 e. The predicted molar refractivity (Wildman–Crippen MR) is 297 cm³/mol. The van der Waals surface area contributed by atoms with Crippen molar-refractivity contribution in [2.45, 2.75) is 271 Å². The van der Waals surface area contributed by atoms with Crippen molar-refractivity contribution in [3.63, 3.8) is 0 Å². The highest BCUT2D eigenvalue weighted by Gasteiger charge is 2.19. The average Bonchev–Trinajstić information content (AvgIpc) is 3.35. The minimum atomic E-state index is -0.822. The molecule has 394 valence electrons. The number of hydrogen-bond acceptors (Lipinski definition) is 6. The Balaban J connectivity index is 4.46. The standard InChI is InChI=1S/C63H106O6/c1-4-7-10-13-16-19-22-25-28-31-32-33-36-38-41-44-47-50-53-56-62(65)68-59-60(69-63(66)57-54-51-48-45-42-39-35-30-27-24-21-18-15-12-9-6-3)58-67-61(64)55-52-49-46-43-40-37-34-29-26-23-20-17-14-11-8-5-2/h8-9,11-12,17-18,20-21,26-27,29-30,39,42,48,51,60H,4-7,10,13-16,19,22-25,28,31-38,40-41,43-47,49-50,52-59H2,1-3H3/b11-8-,12-9-,20-17-,21-18-,29-26-,30-27-,42-39-,51-48-. The van der Waals surface area contributed by atoms with Gasteiger partial charge < -0.3 is 14.2 Å². The molecule has 6 nitrogen and oxygen atoms in total. The fourth-order valence-corrected chi connectivity index (χ4v) is 7.86. The number of ether oxygens (including phenoxy) is 3. The lowest BCUT2D eigenvalue weighted by atomic mass is 10.0. The van der Waals surface area contributed by atoms with Crippen molar-refractivity contribution in [1.82, 2.24) is 0 Å². The largest absolute Gasteiger partial charge is 0.462 e. The Hall–Kier alpha value is -3.67. The van der Waals surface area contributed by atoms with Gasteiger partial charge in [0.15, 0.2) is 6.10 Å². The summed E-state index contributed by atoms with van der Waals surface area (Å²) < 4.78 is 16.8. The Kier molecular flexibility index (Phi) is 53.9. The molecule has 6 heteroatoms. The van der Waals surface area contributed by atoms with Crippen LogP contribution in [0, 0.1) is 0 Å². The third-order valence-electron chi connectivity index (χ3n) is 12.1. The van der Waals surface area contributed by atoms with E-state index in [1.54, 1.807) is 0 Å². The van der Waals surface area contributed by atoms with Crippen LogP contribution in [0.3, 0.4) is 0 Å². The Morgan fingerprint density at radius 1 is 0.304 bits per heavy atom. The van der Waals surface area contributed by atoms with Gasteiger partial charge >= 0.3 is 17.9 Å². The summed E-state index contributed by atoms with van der Waals surface area (Å²) in [4.78, 5) is 38.1. The first-order valence-corrected chi connectivity index (χ1v) is 28.7. The quantitative estimate of drug-likeness (QED) is 0.0262. The Morgan fingerprint density at radius 2 is 0.594 bits per heavy atom. The third kappa shape index (κ3) is 55.1. The van der Waals surface area contributed by atoms with Crippen LogP contribution < -0.4 is 0 Å². The van der Waals surface area contributed by atoms with Crippen molar-refractivity contribution in [3.05, 3.63) is 97.2 Å². The molecule has 0 saturated carbocycles. The maximum Gasteiger partial charge on any atom is 0.306 e. The zero-order valence-corrected chi connectivity index (χ0v) is 45.0. The molecule has 0 fully saturated rings. The van der Waals surface area contributed by atoms with Crippen LogP contribution >= 0.6 is 0 Å². The van der Waals surface area contributed by atoms with Crippen LogP contribution in [0.15, 0.2) is 97.2 Å². The zero-order chi connectivity index (χ0) is 50.0. The van der Waals surface area contributed by atoms with Gasteiger partial charge in [0.25, 0.3) is 0 Å². The summed E-state index contributed by atoms with van der Waals surface area (Å²) in [6, 6.07) is 0. The number of carbonyl (C=O) groups excluding carboxylic acids is 3. The molecule has 0 aliphatic carbocycles. The summed E-state index contributed by atoms with van der Waals surface area (Å²) in [5.74, 6) is -1.00. The molecule has 0 rings (SSSR count).